The number of hydrogen-bond donors (Lipinski definition) is 5. The molecule has 57 heavy (non-hydrogen) atoms. The fourth-order valence-electron chi connectivity index (χ4n) is 9.58. The van der Waals surface area contributed by atoms with Crippen LogP contribution in [0.2, 0.25) is 0 Å². The van der Waals surface area contributed by atoms with Crippen molar-refractivity contribution in [3.05, 3.63) is 105 Å². The SMILES string of the molecule is CCO.CN1CC=C2C(C#N)=C(N)C(C#N)(C#N)C3(C(=O)Nc4ccccc43)C2C1.CN1CC=C2C(C#N)=C(N)C(C#N)(C#N)C3(C(=O)Nc4ccccc43)C2C1. The van der Waals surface area contributed by atoms with Crippen molar-refractivity contribution < 1.29 is 14.7 Å². The number of aliphatic hydroxyl groups excluding tert-OH is 1. The summed E-state index contributed by atoms with van der Waals surface area (Å²) in [6.07, 6.45) is 3.74. The second kappa shape index (κ2) is 14.4. The fraction of sp³-hybridized carbons (Fsp3) is 0.333. The maximum absolute atomic E-state index is 13.4. The number of nitrogens with two attached hydrogens (primary N) is 2. The number of aliphatic hydroxyl groups is 1. The van der Waals surface area contributed by atoms with E-state index < -0.39 is 45.3 Å². The molecule has 15 nitrogen and oxygen atoms in total. The number of benzene rings is 2. The first-order valence-electron chi connectivity index (χ1n) is 18.0. The number of fused-ring (bicyclic) bond motifs is 8. The highest BCUT2D eigenvalue weighted by atomic mass is 16.2. The first-order valence-corrected chi connectivity index (χ1v) is 18.0. The van der Waals surface area contributed by atoms with Crippen molar-refractivity contribution in [2.75, 3.05) is 57.5 Å². The summed E-state index contributed by atoms with van der Waals surface area (Å²) in [6.45, 7) is 3.97. The highest BCUT2D eigenvalue weighted by molar-refractivity contribution is 6.10. The number of nitrogens with one attached hydrogen (secondary N) is 2. The molecule has 7 N–H and O–H groups in total. The lowest BCUT2D eigenvalue weighted by molar-refractivity contribution is -0.126. The van der Waals surface area contributed by atoms with Crippen LogP contribution in [0.25, 0.3) is 0 Å². The van der Waals surface area contributed by atoms with Crippen molar-refractivity contribution in [3.8, 4) is 36.4 Å². The fourth-order valence-corrected chi connectivity index (χ4v) is 9.58. The molecule has 4 atom stereocenters. The Balaban J connectivity index is 0.000000180. The van der Waals surface area contributed by atoms with Crippen LogP contribution in [0.15, 0.2) is 94.4 Å². The van der Waals surface area contributed by atoms with E-state index in [0.29, 0.717) is 59.8 Å². The standard InChI is InChI=1S/2C20H16N6O.C2H6O/c2*1-26-7-6-12-13(8-21)17(24)19(10-22,11-23)20(15(12)9-26)14-4-2-3-5-16(14)25-18(20)27;1-2-3/h2*2-6,15H,7,9,24H2,1H3,(H,25,27);3H,2H2,1H3. The van der Waals surface area contributed by atoms with Gasteiger partial charge in [0.05, 0.1) is 46.8 Å². The van der Waals surface area contributed by atoms with Crippen molar-refractivity contribution in [3.63, 3.8) is 0 Å². The minimum absolute atomic E-state index is 0.138. The monoisotopic (exact) mass is 758 g/mol. The highest BCUT2D eigenvalue weighted by Gasteiger charge is 2.72. The summed E-state index contributed by atoms with van der Waals surface area (Å²) < 4.78 is 0. The minimum Gasteiger partial charge on any atom is -0.399 e. The van der Waals surface area contributed by atoms with Gasteiger partial charge in [-0.05, 0) is 55.4 Å². The Morgan fingerprint density at radius 1 is 0.684 bits per heavy atom. The molecule has 0 bridgehead atoms. The Hall–Kier alpha value is -7.24. The first-order chi connectivity index (χ1) is 27.4. The van der Waals surface area contributed by atoms with Gasteiger partial charge in [-0.3, -0.25) is 9.59 Å². The van der Waals surface area contributed by atoms with Gasteiger partial charge < -0.3 is 37.0 Å². The van der Waals surface area contributed by atoms with Gasteiger partial charge >= 0.3 is 0 Å². The predicted molar refractivity (Wildman–Crippen MR) is 205 cm³/mol. The zero-order valence-electron chi connectivity index (χ0n) is 31.5. The Kier molecular flexibility index (Phi) is 10.00. The lowest BCUT2D eigenvalue weighted by Gasteiger charge is -2.50. The first kappa shape index (κ1) is 39.5. The second-order valence-electron chi connectivity index (χ2n) is 14.5. The maximum atomic E-state index is 13.4. The van der Waals surface area contributed by atoms with E-state index in [1.54, 1.807) is 55.5 Å². The Bertz CT molecular complexity index is 2290. The van der Waals surface area contributed by atoms with Gasteiger partial charge in [-0.15, -0.1) is 0 Å². The summed E-state index contributed by atoms with van der Waals surface area (Å²) in [5, 5.41) is 73.2. The number of amides is 2. The third-order valence-corrected chi connectivity index (χ3v) is 11.9. The minimum atomic E-state index is -1.98. The van der Waals surface area contributed by atoms with E-state index in [0.717, 1.165) is 0 Å². The number of para-hydroxylation sites is 2. The molecule has 4 unspecified atom stereocenters. The molecule has 8 rings (SSSR count). The van der Waals surface area contributed by atoms with Gasteiger partial charge in [0, 0.05) is 56.0 Å². The van der Waals surface area contributed by atoms with Crippen LogP contribution in [0.1, 0.15) is 18.1 Å². The summed E-state index contributed by atoms with van der Waals surface area (Å²) in [5.74, 6) is -1.95. The molecular formula is C42H38N12O3. The topological polar surface area (TPSA) is 280 Å². The Labute approximate surface area is 329 Å². The number of carbonyl (C=O) groups excluding carboxylic acids is 2. The van der Waals surface area contributed by atoms with Crippen LogP contribution in [0.3, 0.4) is 0 Å². The molecule has 15 heteroatoms. The summed E-state index contributed by atoms with van der Waals surface area (Å²) in [6, 6.07) is 26.4. The highest BCUT2D eigenvalue weighted by Crippen LogP contribution is 2.63. The molecule has 4 heterocycles. The van der Waals surface area contributed by atoms with Gasteiger partial charge in [0.2, 0.25) is 22.6 Å². The van der Waals surface area contributed by atoms with Crippen LogP contribution in [0, 0.1) is 90.7 Å². The molecule has 2 spiro atoms. The van der Waals surface area contributed by atoms with Crippen LogP contribution in [-0.2, 0) is 20.4 Å². The number of carbonyl (C=O) groups is 2. The molecule has 0 saturated carbocycles. The summed E-state index contributed by atoms with van der Waals surface area (Å²) in [7, 11) is 3.79. The number of anilines is 2. The number of nitriles is 6. The van der Waals surface area contributed by atoms with E-state index in [1.165, 1.54) is 0 Å². The van der Waals surface area contributed by atoms with Crippen molar-refractivity contribution in [2.24, 2.45) is 34.1 Å². The third-order valence-electron chi connectivity index (χ3n) is 11.9. The molecule has 2 aromatic rings. The second-order valence-corrected chi connectivity index (χ2v) is 14.5. The van der Waals surface area contributed by atoms with Crippen LogP contribution >= 0.6 is 0 Å². The van der Waals surface area contributed by atoms with Gasteiger partial charge in [-0.1, -0.05) is 48.6 Å². The van der Waals surface area contributed by atoms with Gasteiger partial charge in [0.15, 0.2) is 0 Å². The number of likely N-dealkylation sites (N-methyl/N-ethyl adjacent to an activating group) is 2. The van der Waals surface area contributed by atoms with E-state index in [9.17, 15) is 41.2 Å². The van der Waals surface area contributed by atoms with Crippen LogP contribution in [0.5, 0.6) is 0 Å². The predicted octanol–water partition coefficient (Wildman–Crippen LogP) is 2.29. The molecule has 2 aliphatic carbocycles. The number of nitrogens with zero attached hydrogens (tertiary/aromatic N) is 8. The molecule has 6 aliphatic rings. The van der Waals surface area contributed by atoms with E-state index in [2.05, 4.69) is 22.8 Å². The van der Waals surface area contributed by atoms with Crippen molar-refractivity contribution in [2.45, 2.75) is 17.8 Å². The van der Waals surface area contributed by atoms with Gasteiger partial charge in [-0.2, -0.15) is 31.6 Å². The third kappa shape index (κ3) is 4.95. The van der Waals surface area contributed by atoms with Gasteiger partial charge in [-0.25, -0.2) is 0 Å². The molecule has 2 aromatic carbocycles. The zero-order chi connectivity index (χ0) is 41.5. The summed E-state index contributed by atoms with van der Waals surface area (Å²) in [4.78, 5) is 30.8. The average molecular weight is 759 g/mol. The van der Waals surface area contributed by atoms with E-state index in [-0.39, 0.29) is 29.1 Å². The summed E-state index contributed by atoms with van der Waals surface area (Å²) >= 11 is 0. The quantitative estimate of drug-likeness (QED) is 0.258. The van der Waals surface area contributed by atoms with Crippen LogP contribution in [-0.4, -0.2) is 73.6 Å². The number of allylic oxidation sites excluding steroid dienone is 4. The smallest absolute Gasteiger partial charge is 0.238 e. The molecular weight excluding hydrogens is 721 g/mol. The van der Waals surface area contributed by atoms with E-state index in [1.807, 2.05) is 60.3 Å². The average Bonchev–Trinajstić information content (AvgIpc) is 3.68. The molecule has 2 amide bonds. The number of rotatable bonds is 0. The van der Waals surface area contributed by atoms with Crippen LogP contribution in [0.4, 0.5) is 11.4 Å². The van der Waals surface area contributed by atoms with Gasteiger partial charge in [0.1, 0.15) is 23.0 Å². The molecule has 0 saturated heterocycles. The van der Waals surface area contributed by atoms with Crippen molar-refractivity contribution in [1.29, 1.82) is 31.6 Å². The number of hydrogen-bond acceptors (Lipinski definition) is 13. The Morgan fingerprint density at radius 2 is 1.02 bits per heavy atom. The van der Waals surface area contributed by atoms with E-state index in [4.69, 9.17) is 16.6 Å². The molecule has 0 fully saturated rings. The lowest BCUT2D eigenvalue weighted by atomic mass is 9.48. The molecule has 4 aliphatic heterocycles. The molecule has 0 aromatic heterocycles. The summed E-state index contributed by atoms with van der Waals surface area (Å²) in [5.41, 5.74) is 9.13. The molecule has 284 valence electrons. The van der Waals surface area contributed by atoms with Crippen molar-refractivity contribution in [1.82, 2.24) is 9.80 Å². The normalized spacial score (nSPS) is 27.1. The lowest BCUT2D eigenvalue weighted by Crippen LogP contribution is -2.62. The van der Waals surface area contributed by atoms with E-state index >= 15 is 0 Å². The Morgan fingerprint density at radius 3 is 1.33 bits per heavy atom. The van der Waals surface area contributed by atoms with Gasteiger partial charge in [0.25, 0.3) is 0 Å². The largest absolute Gasteiger partial charge is 0.399 e. The van der Waals surface area contributed by atoms with Crippen LogP contribution < -0.4 is 22.1 Å². The maximum Gasteiger partial charge on any atom is 0.238 e. The van der Waals surface area contributed by atoms with Crippen molar-refractivity contribution >= 4 is 23.2 Å². The zero-order valence-corrected chi connectivity index (χ0v) is 31.5. The molecule has 0 radical (unpaired) electrons.